The third-order valence-electron chi connectivity index (χ3n) is 5.63. The summed E-state index contributed by atoms with van der Waals surface area (Å²) < 4.78 is 41.7. The molecule has 14 nitrogen and oxygen atoms in total. The number of aromatic nitrogens is 8. The summed E-state index contributed by atoms with van der Waals surface area (Å²) in [5, 5.41) is 33.6. The van der Waals surface area contributed by atoms with Crippen molar-refractivity contribution >= 4 is 47.2 Å². The van der Waals surface area contributed by atoms with Gasteiger partial charge in [0.15, 0.2) is 11.6 Å². The molecule has 0 fully saturated rings. The molecule has 0 saturated heterocycles. The van der Waals surface area contributed by atoms with Gasteiger partial charge in [0.1, 0.15) is 11.5 Å². The van der Waals surface area contributed by atoms with Crippen LogP contribution in [0.2, 0.25) is 0 Å². The third kappa shape index (κ3) is 8.07. The molecule has 0 aliphatic heterocycles. The number of aromatic amines is 2. The van der Waals surface area contributed by atoms with E-state index in [1.165, 1.54) is 26.1 Å². The molecule has 0 atom stereocenters. The van der Waals surface area contributed by atoms with Crippen molar-refractivity contribution in [3.05, 3.63) is 41.9 Å². The van der Waals surface area contributed by atoms with Gasteiger partial charge in [-0.2, -0.15) is 13.2 Å². The maximum Gasteiger partial charge on any atom is 0.433 e. The number of carbonyl (C=O) groups is 3. The summed E-state index contributed by atoms with van der Waals surface area (Å²) in [6.07, 6.45) is -2.84. The first kappa shape index (κ1) is 31.4. The van der Waals surface area contributed by atoms with Gasteiger partial charge < -0.3 is 15.5 Å². The number of aliphatic carboxylic acids is 2. The number of thioether (sulfide) groups is 2. The molecule has 43 heavy (non-hydrogen) atoms. The molecule has 4 aromatic heterocycles. The molecule has 4 rings (SSSR count). The van der Waals surface area contributed by atoms with Gasteiger partial charge in [-0.1, -0.05) is 37.4 Å². The lowest BCUT2D eigenvalue weighted by molar-refractivity contribution is -0.142. The largest absolute Gasteiger partial charge is 0.481 e. The predicted molar refractivity (Wildman–Crippen MR) is 147 cm³/mol. The summed E-state index contributed by atoms with van der Waals surface area (Å²) >= 11 is 1.71. The monoisotopic (exact) mass is 637 g/mol. The fourth-order valence-electron chi connectivity index (χ4n) is 3.68. The lowest BCUT2D eigenvalue weighted by Gasteiger charge is -2.25. The number of pyridine rings is 2. The average molecular weight is 638 g/mol. The van der Waals surface area contributed by atoms with E-state index in [1.807, 2.05) is 0 Å². The van der Waals surface area contributed by atoms with E-state index in [9.17, 15) is 27.6 Å². The number of alkyl halides is 3. The SMILES string of the molecule is CC(C)(Cc1cc(-c2nc(SCC(=O)O)n[nH]2)cnc1C(F)(F)F)C(=O)Nc1ncccc1-c1nc(SCC(=O)O)n[nH]1. The summed E-state index contributed by atoms with van der Waals surface area (Å²) in [7, 11) is 0. The fourth-order valence-corrected chi connectivity index (χ4v) is 4.72. The molecule has 0 spiro atoms. The highest BCUT2D eigenvalue weighted by Gasteiger charge is 2.39. The van der Waals surface area contributed by atoms with Gasteiger partial charge in [-0.05, 0) is 30.2 Å². The van der Waals surface area contributed by atoms with Crippen molar-refractivity contribution in [2.24, 2.45) is 5.41 Å². The molecule has 0 bridgehead atoms. The Labute approximate surface area is 248 Å². The van der Waals surface area contributed by atoms with Crippen molar-refractivity contribution in [3.8, 4) is 22.8 Å². The highest BCUT2D eigenvalue weighted by molar-refractivity contribution is 8.00. The molecule has 226 valence electrons. The van der Waals surface area contributed by atoms with Gasteiger partial charge in [-0.15, -0.1) is 10.2 Å². The van der Waals surface area contributed by atoms with Gasteiger partial charge >= 0.3 is 18.1 Å². The van der Waals surface area contributed by atoms with E-state index in [-0.39, 0.29) is 56.8 Å². The van der Waals surface area contributed by atoms with Crippen molar-refractivity contribution in [1.82, 2.24) is 40.3 Å². The molecule has 19 heteroatoms. The van der Waals surface area contributed by atoms with E-state index >= 15 is 0 Å². The lowest BCUT2D eigenvalue weighted by Crippen LogP contribution is -2.34. The first-order valence-electron chi connectivity index (χ1n) is 12.1. The van der Waals surface area contributed by atoms with Crippen molar-refractivity contribution in [2.75, 3.05) is 16.8 Å². The standard InChI is InChI=1S/C24H22F3N9O5S2/c1-23(2,20(41)30-18-13(4-3-5-28-18)19-32-22(36-34-19)43-10-15(39)40)7-11-6-12(8-29-16(11)24(25,26)27)17-31-21(35-33-17)42-9-14(37)38/h3-6,8H,7,9-10H2,1-2H3,(H,37,38)(H,39,40)(H,28,30,41)(H,31,33,35)(H,32,34,36). The van der Waals surface area contributed by atoms with Gasteiger partial charge in [-0.25, -0.2) is 15.0 Å². The predicted octanol–water partition coefficient (Wildman–Crippen LogP) is 3.63. The molecule has 0 saturated carbocycles. The highest BCUT2D eigenvalue weighted by Crippen LogP contribution is 2.36. The zero-order valence-corrected chi connectivity index (χ0v) is 23.9. The number of halogens is 3. The van der Waals surface area contributed by atoms with Gasteiger partial charge in [-0.3, -0.25) is 29.6 Å². The Bertz CT molecular complexity index is 1660. The topological polar surface area (TPSA) is 213 Å². The van der Waals surface area contributed by atoms with Crippen LogP contribution in [0.15, 0.2) is 40.9 Å². The molecule has 0 aliphatic carbocycles. The summed E-state index contributed by atoms with van der Waals surface area (Å²) in [4.78, 5) is 51.1. The van der Waals surface area contributed by atoms with E-state index in [4.69, 9.17) is 10.2 Å². The minimum atomic E-state index is -4.82. The minimum Gasteiger partial charge on any atom is -0.481 e. The number of rotatable bonds is 12. The number of nitrogens with zero attached hydrogens (tertiary/aromatic N) is 6. The normalized spacial score (nSPS) is 11.8. The number of hydrogen-bond acceptors (Lipinski definition) is 11. The maximum atomic E-state index is 13.9. The summed E-state index contributed by atoms with van der Waals surface area (Å²) in [5.74, 6) is -3.05. The van der Waals surface area contributed by atoms with Crippen LogP contribution < -0.4 is 5.32 Å². The number of H-pyrrole nitrogens is 2. The second kappa shape index (κ2) is 12.8. The Hall–Kier alpha value is -4.52. The van der Waals surface area contributed by atoms with E-state index in [0.29, 0.717) is 5.56 Å². The molecule has 0 aromatic carbocycles. The molecule has 0 aliphatic rings. The van der Waals surface area contributed by atoms with Crippen LogP contribution in [0.1, 0.15) is 25.1 Å². The first-order valence-corrected chi connectivity index (χ1v) is 14.1. The molecule has 5 N–H and O–H groups in total. The average Bonchev–Trinajstić information content (AvgIpc) is 3.60. The highest BCUT2D eigenvalue weighted by atomic mass is 32.2. The van der Waals surface area contributed by atoms with E-state index in [1.54, 1.807) is 12.1 Å². The molecule has 4 aromatic rings. The van der Waals surface area contributed by atoms with Crippen LogP contribution in [0.25, 0.3) is 22.8 Å². The van der Waals surface area contributed by atoms with Crippen molar-refractivity contribution < 1.29 is 37.8 Å². The number of hydrogen-bond donors (Lipinski definition) is 5. The second-order valence-corrected chi connectivity index (χ2v) is 11.3. The van der Waals surface area contributed by atoms with Gasteiger partial charge in [0.2, 0.25) is 16.2 Å². The van der Waals surface area contributed by atoms with E-state index in [0.717, 1.165) is 29.7 Å². The molecule has 1 amide bonds. The molecular weight excluding hydrogens is 615 g/mol. The third-order valence-corrected chi connectivity index (χ3v) is 7.29. The Morgan fingerprint density at radius 1 is 0.953 bits per heavy atom. The Morgan fingerprint density at radius 2 is 1.56 bits per heavy atom. The van der Waals surface area contributed by atoms with Gasteiger partial charge in [0.05, 0.1) is 17.1 Å². The van der Waals surface area contributed by atoms with E-state index < -0.39 is 35.1 Å². The smallest absolute Gasteiger partial charge is 0.433 e. The number of carboxylic acid groups (broad SMARTS) is 2. The zero-order valence-electron chi connectivity index (χ0n) is 22.3. The van der Waals surface area contributed by atoms with Crippen LogP contribution in [-0.4, -0.2) is 79.9 Å². The van der Waals surface area contributed by atoms with Crippen molar-refractivity contribution in [2.45, 2.75) is 36.8 Å². The van der Waals surface area contributed by atoms with Crippen LogP contribution in [0.3, 0.4) is 0 Å². The first-order chi connectivity index (χ1) is 20.2. The van der Waals surface area contributed by atoms with Crippen LogP contribution in [0.5, 0.6) is 0 Å². The number of carbonyl (C=O) groups excluding carboxylic acids is 1. The van der Waals surface area contributed by atoms with Crippen molar-refractivity contribution in [3.63, 3.8) is 0 Å². The number of anilines is 1. The second-order valence-electron chi connectivity index (χ2n) is 9.44. The summed E-state index contributed by atoms with van der Waals surface area (Å²) in [5.41, 5.74) is -2.39. The van der Waals surface area contributed by atoms with Crippen molar-refractivity contribution in [1.29, 1.82) is 0 Å². The van der Waals surface area contributed by atoms with Crippen LogP contribution in [0, 0.1) is 5.41 Å². The minimum absolute atomic E-state index is 0.0579. The summed E-state index contributed by atoms with van der Waals surface area (Å²) in [6.45, 7) is 2.92. The van der Waals surface area contributed by atoms with Gasteiger partial charge in [0, 0.05) is 23.4 Å². The van der Waals surface area contributed by atoms with Crippen LogP contribution >= 0.6 is 23.5 Å². The summed E-state index contributed by atoms with van der Waals surface area (Å²) in [6, 6.07) is 4.36. The van der Waals surface area contributed by atoms with E-state index in [2.05, 4.69) is 45.6 Å². The Kier molecular flexibility index (Phi) is 9.34. The Balaban J connectivity index is 1.58. The van der Waals surface area contributed by atoms with Crippen LogP contribution in [0.4, 0.5) is 19.0 Å². The molecule has 0 radical (unpaired) electrons. The molecule has 4 heterocycles. The number of nitrogens with one attached hydrogen (secondary N) is 3. The number of amides is 1. The maximum absolute atomic E-state index is 13.9. The quantitative estimate of drug-likeness (QED) is 0.141. The van der Waals surface area contributed by atoms with Gasteiger partial charge in [0.25, 0.3) is 0 Å². The Morgan fingerprint density at radius 3 is 2.16 bits per heavy atom. The van der Waals surface area contributed by atoms with Crippen LogP contribution in [-0.2, 0) is 27.0 Å². The fraction of sp³-hybridized carbons (Fsp3) is 0.292. The molecular formula is C24H22F3N9O5S2. The molecule has 0 unspecified atom stereocenters. The lowest BCUT2D eigenvalue weighted by atomic mass is 9.83. The zero-order chi connectivity index (χ0) is 31.4. The number of carboxylic acids is 2.